The number of aliphatic hydroxyl groups excluding tert-OH is 4. The van der Waals surface area contributed by atoms with Crippen LogP contribution in [-0.4, -0.2) is 69.4 Å². The molecule has 0 radical (unpaired) electrons. The standard InChI is InChI=1S/C26H26O8/c1-33-21-12-20(29)17(11-18(21)26-25(32)24(31)23(30)22(13-27)34-26)19(28)9-7-14-6-8-15-4-2-3-5-16(15)10-14/h2-12,22-27,29-32H,13H2,1H3. The lowest BCUT2D eigenvalue weighted by Gasteiger charge is -2.40. The first-order chi connectivity index (χ1) is 16.3. The third-order valence-electron chi connectivity index (χ3n) is 6.01. The maximum absolute atomic E-state index is 12.9. The number of carbonyl (C=O) groups is 1. The second kappa shape index (κ2) is 9.92. The van der Waals surface area contributed by atoms with Gasteiger partial charge in [0, 0.05) is 11.6 Å². The monoisotopic (exact) mass is 466 g/mol. The number of hydrogen-bond donors (Lipinski definition) is 5. The van der Waals surface area contributed by atoms with Crippen LogP contribution in [0.4, 0.5) is 0 Å². The molecule has 0 saturated carbocycles. The van der Waals surface area contributed by atoms with Gasteiger partial charge >= 0.3 is 0 Å². The van der Waals surface area contributed by atoms with Crippen molar-refractivity contribution >= 4 is 22.6 Å². The Balaban J connectivity index is 1.66. The molecule has 1 aliphatic heterocycles. The molecule has 3 aromatic carbocycles. The minimum absolute atomic E-state index is 0.0650. The van der Waals surface area contributed by atoms with Gasteiger partial charge in [-0.1, -0.05) is 42.5 Å². The van der Waals surface area contributed by atoms with Crippen LogP contribution in [0.1, 0.15) is 27.6 Å². The van der Waals surface area contributed by atoms with Crippen LogP contribution in [-0.2, 0) is 4.74 Å². The van der Waals surface area contributed by atoms with Crippen LogP contribution in [0.25, 0.3) is 16.8 Å². The SMILES string of the molecule is COc1cc(O)c(C(=O)C=Cc2ccc3ccccc3c2)cc1C1OC(CO)C(O)C(O)C1O. The lowest BCUT2D eigenvalue weighted by atomic mass is 9.89. The highest BCUT2D eigenvalue weighted by Gasteiger charge is 2.45. The first kappa shape index (κ1) is 23.9. The van der Waals surface area contributed by atoms with Gasteiger partial charge in [-0.05, 0) is 34.5 Å². The Bertz CT molecular complexity index is 1220. The number of ether oxygens (including phenoxy) is 2. The first-order valence-electron chi connectivity index (χ1n) is 10.8. The molecule has 5 unspecified atom stereocenters. The van der Waals surface area contributed by atoms with Crippen LogP contribution in [0.3, 0.4) is 0 Å². The number of phenols is 1. The predicted molar refractivity (Wildman–Crippen MR) is 125 cm³/mol. The third-order valence-corrected chi connectivity index (χ3v) is 6.01. The molecule has 0 aliphatic carbocycles. The van der Waals surface area contributed by atoms with E-state index in [2.05, 4.69) is 0 Å². The van der Waals surface area contributed by atoms with Crippen molar-refractivity contribution in [2.75, 3.05) is 13.7 Å². The van der Waals surface area contributed by atoms with Gasteiger partial charge in [-0.2, -0.15) is 0 Å². The summed E-state index contributed by atoms with van der Waals surface area (Å²) in [6.45, 7) is -0.595. The predicted octanol–water partition coefficient (Wildman–Crippen LogP) is 1.96. The summed E-state index contributed by atoms with van der Waals surface area (Å²) >= 11 is 0. The van der Waals surface area contributed by atoms with E-state index in [0.717, 1.165) is 16.3 Å². The number of fused-ring (bicyclic) bond motifs is 1. The van der Waals surface area contributed by atoms with Gasteiger partial charge in [0.05, 0.1) is 19.3 Å². The summed E-state index contributed by atoms with van der Waals surface area (Å²) in [5, 5.41) is 52.7. The maximum Gasteiger partial charge on any atom is 0.189 e. The molecular weight excluding hydrogens is 440 g/mol. The van der Waals surface area contributed by atoms with E-state index in [1.54, 1.807) is 6.08 Å². The number of ketones is 1. The number of carbonyl (C=O) groups excluding carboxylic acids is 1. The fourth-order valence-electron chi connectivity index (χ4n) is 4.11. The highest BCUT2D eigenvalue weighted by molar-refractivity contribution is 6.09. The van der Waals surface area contributed by atoms with Gasteiger partial charge in [-0.25, -0.2) is 0 Å². The Labute approximate surface area is 195 Å². The zero-order valence-corrected chi connectivity index (χ0v) is 18.4. The van der Waals surface area contributed by atoms with Crippen molar-refractivity contribution < 1.29 is 39.8 Å². The van der Waals surface area contributed by atoms with Crippen LogP contribution < -0.4 is 4.74 Å². The maximum atomic E-state index is 12.9. The summed E-state index contributed by atoms with van der Waals surface area (Å²) in [5.74, 6) is -0.727. The van der Waals surface area contributed by atoms with E-state index in [0.29, 0.717) is 0 Å². The minimum atomic E-state index is -1.60. The molecule has 3 aromatic rings. The molecule has 0 aromatic heterocycles. The molecule has 178 valence electrons. The number of allylic oxidation sites excluding steroid dienone is 1. The van der Waals surface area contributed by atoms with Gasteiger partial charge in [0.1, 0.15) is 42.0 Å². The summed E-state index contributed by atoms with van der Waals surface area (Å²) in [6.07, 6.45) is -4.08. The Hall–Kier alpha value is -3.27. The lowest BCUT2D eigenvalue weighted by molar-refractivity contribution is -0.232. The molecule has 0 spiro atoms. The molecule has 1 fully saturated rings. The average molecular weight is 466 g/mol. The summed E-state index contributed by atoms with van der Waals surface area (Å²) in [4.78, 5) is 12.9. The fraction of sp³-hybridized carbons (Fsp3) is 0.269. The van der Waals surface area contributed by atoms with E-state index in [-0.39, 0.29) is 22.6 Å². The normalized spacial score (nSPS) is 25.0. The molecule has 34 heavy (non-hydrogen) atoms. The second-order valence-corrected chi connectivity index (χ2v) is 8.16. The molecular formula is C26H26O8. The number of benzene rings is 3. The molecule has 5 N–H and O–H groups in total. The van der Waals surface area contributed by atoms with Gasteiger partial charge in [0.2, 0.25) is 0 Å². The summed E-state index contributed by atoms with van der Waals surface area (Å²) in [7, 11) is 1.34. The van der Waals surface area contributed by atoms with Crippen molar-refractivity contribution in [3.8, 4) is 11.5 Å². The van der Waals surface area contributed by atoms with Crippen molar-refractivity contribution in [1.82, 2.24) is 0 Å². The number of aromatic hydroxyl groups is 1. The summed E-state index contributed by atoms with van der Waals surface area (Å²) in [6, 6.07) is 16.1. The highest BCUT2D eigenvalue weighted by Crippen LogP contribution is 2.40. The molecule has 1 aliphatic rings. The summed E-state index contributed by atoms with van der Waals surface area (Å²) < 4.78 is 10.9. The lowest BCUT2D eigenvalue weighted by Crippen LogP contribution is -2.55. The fourth-order valence-corrected chi connectivity index (χ4v) is 4.11. The molecule has 4 rings (SSSR count). The van der Waals surface area contributed by atoms with Crippen molar-refractivity contribution in [1.29, 1.82) is 0 Å². The van der Waals surface area contributed by atoms with Gasteiger partial charge in [0.25, 0.3) is 0 Å². The van der Waals surface area contributed by atoms with E-state index < -0.39 is 42.9 Å². The number of hydrogen-bond acceptors (Lipinski definition) is 8. The molecule has 5 atom stereocenters. The van der Waals surface area contributed by atoms with E-state index >= 15 is 0 Å². The van der Waals surface area contributed by atoms with Crippen LogP contribution in [0.5, 0.6) is 11.5 Å². The molecule has 1 saturated heterocycles. The van der Waals surface area contributed by atoms with Crippen molar-refractivity contribution in [2.24, 2.45) is 0 Å². The third kappa shape index (κ3) is 4.54. The zero-order valence-electron chi connectivity index (χ0n) is 18.4. The first-order valence-corrected chi connectivity index (χ1v) is 10.8. The van der Waals surface area contributed by atoms with E-state index in [1.807, 2.05) is 42.5 Å². The Morgan fingerprint density at radius 1 is 1.00 bits per heavy atom. The number of phenolic OH excluding ortho intramolecular Hbond substituents is 1. The van der Waals surface area contributed by atoms with Gasteiger partial charge < -0.3 is 35.0 Å². The molecule has 8 heteroatoms. The molecule has 0 amide bonds. The largest absolute Gasteiger partial charge is 0.507 e. The van der Waals surface area contributed by atoms with Gasteiger partial charge in [-0.15, -0.1) is 0 Å². The van der Waals surface area contributed by atoms with Crippen LogP contribution >= 0.6 is 0 Å². The molecule has 1 heterocycles. The Morgan fingerprint density at radius 3 is 2.44 bits per heavy atom. The second-order valence-electron chi connectivity index (χ2n) is 8.16. The molecule has 0 bridgehead atoms. The number of rotatable bonds is 6. The van der Waals surface area contributed by atoms with Crippen molar-refractivity contribution in [2.45, 2.75) is 30.5 Å². The minimum Gasteiger partial charge on any atom is -0.507 e. The van der Waals surface area contributed by atoms with Crippen molar-refractivity contribution in [3.63, 3.8) is 0 Å². The molecule has 8 nitrogen and oxygen atoms in total. The van der Waals surface area contributed by atoms with Crippen LogP contribution in [0, 0.1) is 0 Å². The summed E-state index contributed by atoms with van der Waals surface area (Å²) in [5.41, 5.74) is 0.915. The topological polar surface area (TPSA) is 137 Å². The number of methoxy groups -OCH3 is 1. The van der Waals surface area contributed by atoms with Crippen molar-refractivity contribution in [3.05, 3.63) is 77.4 Å². The average Bonchev–Trinajstić information content (AvgIpc) is 2.86. The van der Waals surface area contributed by atoms with E-state index in [4.69, 9.17) is 9.47 Å². The highest BCUT2D eigenvalue weighted by atomic mass is 16.5. The van der Waals surface area contributed by atoms with Gasteiger partial charge in [0.15, 0.2) is 5.78 Å². The Kier molecular flexibility index (Phi) is 6.97. The quantitative estimate of drug-likeness (QED) is 0.275. The van der Waals surface area contributed by atoms with Crippen LogP contribution in [0.2, 0.25) is 0 Å². The van der Waals surface area contributed by atoms with E-state index in [1.165, 1.54) is 25.3 Å². The Morgan fingerprint density at radius 2 is 1.74 bits per heavy atom. The zero-order chi connectivity index (χ0) is 24.4. The van der Waals surface area contributed by atoms with Gasteiger partial charge in [-0.3, -0.25) is 4.79 Å². The number of aliphatic hydroxyl groups is 4. The smallest absolute Gasteiger partial charge is 0.189 e. The van der Waals surface area contributed by atoms with Crippen LogP contribution in [0.15, 0.2) is 60.7 Å². The van der Waals surface area contributed by atoms with E-state index in [9.17, 15) is 30.3 Å².